The largest absolute Gasteiger partial charge is 0.353 e. The molecule has 33 heavy (non-hydrogen) atoms. The molecular formula is C21H20N2O10. The van der Waals surface area contributed by atoms with Crippen LogP contribution in [0.5, 0.6) is 0 Å². The van der Waals surface area contributed by atoms with Crippen molar-refractivity contribution in [3.05, 3.63) is 79.9 Å². The Kier molecular flexibility index (Phi) is 5.78. The lowest BCUT2D eigenvalue weighted by Crippen LogP contribution is -2.61. The molecule has 3 saturated heterocycles. The van der Waals surface area contributed by atoms with Crippen LogP contribution in [-0.2, 0) is 28.4 Å². The lowest BCUT2D eigenvalue weighted by molar-refractivity contribution is -0.390. The molecule has 174 valence electrons. The van der Waals surface area contributed by atoms with Crippen molar-refractivity contribution in [1.29, 1.82) is 0 Å². The third-order valence-electron chi connectivity index (χ3n) is 5.85. The molecule has 3 fully saturated rings. The van der Waals surface area contributed by atoms with Crippen molar-refractivity contribution in [2.75, 3.05) is 13.7 Å². The zero-order chi connectivity index (χ0) is 23.1. The number of nitro benzene ring substituents is 2. The van der Waals surface area contributed by atoms with E-state index in [2.05, 4.69) is 0 Å². The molecule has 12 nitrogen and oxygen atoms in total. The van der Waals surface area contributed by atoms with Gasteiger partial charge in [0.25, 0.3) is 11.4 Å². The van der Waals surface area contributed by atoms with Gasteiger partial charge in [0.15, 0.2) is 18.9 Å². The van der Waals surface area contributed by atoms with Crippen LogP contribution in [-0.4, -0.2) is 54.3 Å². The summed E-state index contributed by atoms with van der Waals surface area (Å²) in [7, 11) is 1.45. The molecule has 2 aromatic rings. The monoisotopic (exact) mass is 460 g/mol. The van der Waals surface area contributed by atoms with Gasteiger partial charge in [0.2, 0.25) is 0 Å². The van der Waals surface area contributed by atoms with Gasteiger partial charge < -0.3 is 28.4 Å². The van der Waals surface area contributed by atoms with Crippen LogP contribution in [0.2, 0.25) is 0 Å². The van der Waals surface area contributed by atoms with Gasteiger partial charge in [-0.15, -0.1) is 0 Å². The molecule has 0 N–H and O–H groups in total. The van der Waals surface area contributed by atoms with Crippen LogP contribution in [0, 0.1) is 20.2 Å². The quantitative estimate of drug-likeness (QED) is 0.483. The molecule has 0 saturated carbocycles. The number of benzene rings is 2. The number of para-hydroxylation sites is 2. The Morgan fingerprint density at radius 3 is 1.94 bits per heavy atom. The maximum Gasteiger partial charge on any atom is 0.277 e. The van der Waals surface area contributed by atoms with Gasteiger partial charge in [-0.3, -0.25) is 20.2 Å². The Morgan fingerprint density at radius 2 is 1.33 bits per heavy atom. The van der Waals surface area contributed by atoms with E-state index in [-0.39, 0.29) is 29.1 Å². The minimum atomic E-state index is -1.04. The average Bonchev–Trinajstić information content (AvgIpc) is 3.29. The van der Waals surface area contributed by atoms with Crippen LogP contribution in [0.4, 0.5) is 11.4 Å². The van der Waals surface area contributed by atoms with Crippen molar-refractivity contribution in [3.63, 3.8) is 0 Å². The molecule has 3 aliphatic rings. The summed E-state index contributed by atoms with van der Waals surface area (Å²) in [4.78, 5) is 21.9. The van der Waals surface area contributed by atoms with Crippen molar-refractivity contribution >= 4 is 11.4 Å². The van der Waals surface area contributed by atoms with Gasteiger partial charge >= 0.3 is 0 Å². The van der Waals surface area contributed by atoms with E-state index in [1.807, 2.05) is 0 Å². The molecular weight excluding hydrogens is 440 g/mol. The first-order chi connectivity index (χ1) is 16.0. The first-order valence-electron chi connectivity index (χ1n) is 10.2. The van der Waals surface area contributed by atoms with Crippen LogP contribution in [0.15, 0.2) is 48.5 Å². The first kappa shape index (κ1) is 21.8. The van der Waals surface area contributed by atoms with E-state index in [9.17, 15) is 20.2 Å². The number of hydrogen-bond donors (Lipinski definition) is 0. The predicted molar refractivity (Wildman–Crippen MR) is 108 cm³/mol. The van der Waals surface area contributed by atoms with Crippen molar-refractivity contribution in [1.82, 2.24) is 0 Å². The second-order valence-electron chi connectivity index (χ2n) is 7.71. The number of nitrogens with zero attached hydrogens (tertiary/aromatic N) is 2. The van der Waals surface area contributed by atoms with Gasteiger partial charge in [-0.1, -0.05) is 24.3 Å². The van der Waals surface area contributed by atoms with Gasteiger partial charge in [-0.2, -0.15) is 0 Å². The molecule has 5 rings (SSSR count). The van der Waals surface area contributed by atoms with Crippen LogP contribution < -0.4 is 0 Å². The lowest BCUT2D eigenvalue weighted by atomic mass is 9.98. The van der Waals surface area contributed by atoms with Crippen LogP contribution in [0.1, 0.15) is 23.7 Å². The Morgan fingerprint density at radius 1 is 0.788 bits per heavy atom. The molecule has 12 heteroatoms. The van der Waals surface area contributed by atoms with E-state index in [1.165, 1.54) is 19.2 Å². The number of rotatable bonds is 5. The second kappa shape index (κ2) is 8.74. The van der Waals surface area contributed by atoms with E-state index in [0.29, 0.717) is 0 Å². The summed E-state index contributed by atoms with van der Waals surface area (Å²) in [6.45, 7) is 0.0734. The summed E-state index contributed by atoms with van der Waals surface area (Å²) in [5.74, 6) is 0. The molecule has 3 aliphatic heterocycles. The van der Waals surface area contributed by atoms with E-state index in [0.717, 1.165) is 0 Å². The maximum absolute atomic E-state index is 11.5. The molecule has 1 unspecified atom stereocenters. The molecule has 3 heterocycles. The van der Waals surface area contributed by atoms with Gasteiger partial charge in [-0.05, 0) is 12.1 Å². The fourth-order valence-corrected chi connectivity index (χ4v) is 4.36. The van der Waals surface area contributed by atoms with E-state index in [1.54, 1.807) is 36.4 Å². The Balaban J connectivity index is 1.43. The summed E-state index contributed by atoms with van der Waals surface area (Å²) in [5, 5.41) is 22.9. The Hall–Kier alpha value is -3.00. The first-order valence-corrected chi connectivity index (χ1v) is 10.2. The zero-order valence-electron chi connectivity index (χ0n) is 17.3. The summed E-state index contributed by atoms with van der Waals surface area (Å²) >= 11 is 0. The molecule has 0 bridgehead atoms. The van der Waals surface area contributed by atoms with Crippen LogP contribution in [0.25, 0.3) is 0 Å². The van der Waals surface area contributed by atoms with Crippen LogP contribution in [0.3, 0.4) is 0 Å². The number of nitro groups is 2. The molecule has 0 radical (unpaired) electrons. The van der Waals surface area contributed by atoms with E-state index in [4.69, 9.17) is 28.4 Å². The van der Waals surface area contributed by atoms with Gasteiger partial charge in [0, 0.05) is 19.2 Å². The minimum absolute atomic E-state index is 0.0734. The summed E-state index contributed by atoms with van der Waals surface area (Å²) in [6.07, 6.45) is -5.66. The summed E-state index contributed by atoms with van der Waals surface area (Å²) < 4.78 is 35.3. The fraction of sp³-hybridized carbons (Fsp3) is 0.429. The highest BCUT2D eigenvalue weighted by Crippen LogP contribution is 2.45. The predicted octanol–water partition coefficient (Wildman–Crippen LogP) is 2.77. The Labute approximate surface area is 187 Å². The number of hydrogen-bond acceptors (Lipinski definition) is 10. The van der Waals surface area contributed by atoms with Gasteiger partial charge in [-0.25, -0.2) is 0 Å². The number of fused-ring (bicyclic) bond motifs is 3. The maximum atomic E-state index is 11.5. The van der Waals surface area contributed by atoms with E-state index < -0.39 is 53.1 Å². The molecule has 0 amide bonds. The highest BCUT2D eigenvalue weighted by molar-refractivity contribution is 5.42. The molecule has 0 aromatic heterocycles. The Bertz CT molecular complexity index is 1060. The van der Waals surface area contributed by atoms with Gasteiger partial charge in [0.05, 0.1) is 27.6 Å². The second-order valence-corrected chi connectivity index (χ2v) is 7.71. The molecule has 2 aromatic carbocycles. The SMILES string of the molecule is CO[C@H]1O[C@@H]2COC(c3ccccc3[N+](=O)[O-])O[C@H]2[C@@H]2O[C@@H](c3ccccc3[N+](=O)[O-])O[C@H]12. The summed E-state index contributed by atoms with van der Waals surface area (Å²) in [5.41, 5.74) is 0.245. The topological polar surface area (TPSA) is 142 Å². The van der Waals surface area contributed by atoms with Crippen LogP contribution >= 0.6 is 0 Å². The molecule has 0 aliphatic carbocycles. The summed E-state index contributed by atoms with van der Waals surface area (Å²) in [6, 6.07) is 12.3. The van der Waals surface area contributed by atoms with Crippen molar-refractivity contribution in [2.45, 2.75) is 43.3 Å². The fourth-order valence-electron chi connectivity index (χ4n) is 4.36. The van der Waals surface area contributed by atoms with Gasteiger partial charge in [0.1, 0.15) is 24.4 Å². The molecule has 0 spiro atoms. The van der Waals surface area contributed by atoms with Crippen molar-refractivity contribution < 1.29 is 38.3 Å². The van der Waals surface area contributed by atoms with Crippen molar-refractivity contribution in [2.24, 2.45) is 0 Å². The third-order valence-corrected chi connectivity index (χ3v) is 5.85. The highest BCUT2D eigenvalue weighted by atomic mass is 16.8. The smallest absolute Gasteiger partial charge is 0.277 e. The lowest BCUT2D eigenvalue weighted by Gasteiger charge is -2.45. The third kappa shape index (κ3) is 3.86. The standard InChI is InChI=1S/C21H20N2O10/c1-28-21-18-17(32-20(33-18)12-7-3-5-9-14(12)23(26)27)16-15(30-21)10-29-19(31-16)11-6-2-4-8-13(11)22(24)25/h2-9,15-21H,10H2,1H3/t15-,16-,17+,18+,19?,20-,21+/m1/s1. The van der Waals surface area contributed by atoms with Crippen molar-refractivity contribution in [3.8, 4) is 0 Å². The zero-order valence-corrected chi connectivity index (χ0v) is 17.3. The highest BCUT2D eigenvalue weighted by Gasteiger charge is 2.57. The minimum Gasteiger partial charge on any atom is -0.353 e. The average molecular weight is 460 g/mol. The normalized spacial score (nSPS) is 33.2. The van der Waals surface area contributed by atoms with E-state index >= 15 is 0 Å². The number of ether oxygens (including phenoxy) is 6. The number of methoxy groups -OCH3 is 1. The molecule has 7 atom stereocenters.